The van der Waals surface area contributed by atoms with Crippen LogP contribution in [0, 0.1) is 11.3 Å². The molecular formula is C22H35N5O2. The van der Waals surface area contributed by atoms with Gasteiger partial charge in [-0.2, -0.15) is 5.10 Å². The molecule has 3 heterocycles. The summed E-state index contributed by atoms with van der Waals surface area (Å²) in [6.45, 7) is 12.5. The summed E-state index contributed by atoms with van der Waals surface area (Å²) in [4.78, 5) is 31.9. The summed E-state index contributed by atoms with van der Waals surface area (Å²) in [7, 11) is 0. The third kappa shape index (κ3) is 4.14. The number of aromatic amines is 1. The van der Waals surface area contributed by atoms with E-state index in [0.717, 1.165) is 51.4 Å². The van der Waals surface area contributed by atoms with E-state index >= 15 is 0 Å². The number of piperidine rings is 1. The van der Waals surface area contributed by atoms with Crippen LogP contribution in [0.25, 0.3) is 0 Å². The molecular weight excluding hydrogens is 366 g/mol. The number of carbonyl (C=O) groups is 2. The Morgan fingerprint density at radius 1 is 1.10 bits per heavy atom. The van der Waals surface area contributed by atoms with E-state index in [1.807, 2.05) is 30.6 Å². The lowest BCUT2D eigenvalue weighted by atomic mass is 9.90. The molecule has 0 unspecified atom stereocenters. The highest BCUT2D eigenvalue weighted by Crippen LogP contribution is 2.47. The maximum absolute atomic E-state index is 13.1. The van der Waals surface area contributed by atoms with E-state index in [1.54, 1.807) is 0 Å². The highest BCUT2D eigenvalue weighted by molar-refractivity contribution is 5.84. The maximum Gasteiger partial charge on any atom is 0.227 e. The Balaban J connectivity index is 1.32. The summed E-state index contributed by atoms with van der Waals surface area (Å²) < 4.78 is 0. The zero-order valence-corrected chi connectivity index (χ0v) is 18.3. The second-order valence-corrected chi connectivity index (χ2v) is 10.4. The van der Waals surface area contributed by atoms with Gasteiger partial charge in [-0.25, -0.2) is 0 Å². The van der Waals surface area contributed by atoms with Gasteiger partial charge < -0.3 is 14.7 Å². The third-order valence-electron chi connectivity index (χ3n) is 6.83. The van der Waals surface area contributed by atoms with Gasteiger partial charge in [0.1, 0.15) is 0 Å². The predicted octanol–water partition coefficient (Wildman–Crippen LogP) is 2.39. The quantitative estimate of drug-likeness (QED) is 0.844. The SMILES string of the molecule is CC(C)(C)C(=O)N1CCC[C@H](C(=O)N2CCN(c3cc(C4(C)CC4)[nH]n3)CC2)C1. The second-order valence-electron chi connectivity index (χ2n) is 10.4. The van der Waals surface area contributed by atoms with Crippen molar-refractivity contribution in [3.05, 3.63) is 11.8 Å². The fourth-order valence-electron chi connectivity index (χ4n) is 4.49. The molecule has 3 aliphatic rings. The van der Waals surface area contributed by atoms with E-state index in [1.165, 1.54) is 18.5 Å². The molecule has 4 rings (SSSR count). The van der Waals surface area contributed by atoms with Crippen LogP contribution in [-0.4, -0.2) is 71.1 Å². The van der Waals surface area contributed by atoms with Crippen LogP contribution in [0.2, 0.25) is 0 Å². The summed E-state index contributed by atoms with van der Waals surface area (Å²) in [5, 5.41) is 7.72. The molecule has 2 amide bonds. The first-order chi connectivity index (χ1) is 13.7. The zero-order valence-electron chi connectivity index (χ0n) is 18.3. The molecule has 7 nitrogen and oxygen atoms in total. The number of likely N-dealkylation sites (tertiary alicyclic amines) is 1. The highest BCUT2D eigenvalue weighted by atomic mass is 16.2. The third-order valence-corrected chi connectivity index (χ3v) is 6.83. The van der Waals surface area contributed by atoms with Crippen molar-refractivity contribution in [1.82, 2.24) is 20.0 Å². The minimum Gasteiger partial charge on any atom is -0.352 e. The first-order valence-electron chi connectivity index (χ1n) is 11.1. The van der Waals surface area contributed by atoms with Gasteiger partial charge >= 0.3 is 0 Å². The molecule has 0 spiro atoms. The van der Waals surface area contributed by atoms with Crippen molar-refractivity contribution in [1.29, 1.82) is 0 Å². The van der Waals surface area contributed by atoms with Crippen LogP contribution in [0.3, 0.4) is 0 Å². The Morgan fingerprint density at radius 3 is 2.41 bits per heavy atom. The number of rotatable bonds is 3. The number of anilines is 1. The monoisotopic (exact) mass is 401 g/mol. The van der Waals surface area contributed by atoms with Gasteiger partial charge in [0.2, 0.25) is 11.8 Å². The fourth-order valence-corrected chi connectivity index (χ4v) is 4.49. The van der Waals surface area contributed by atoms with E-state index in [9.17, 15) is 9.59 Å². The van der Waals surface area contributed by atoms with Crippen LogP contribution < -0.4 is 4.90 Å². The molecule has 1 atom stereocenters. The minimum absolute atomic E-state index is 0.0617. The number of carbonyl (C=O) groups excluding carboxylic acids is 2. The molecule has 1 aromatic heterocycles. The van der Waals surface area contributed by atoms with Gasteiger partial charge in [-0.3, -0.25) is 14.7 Å². The van der Waals surface area contributed by atoms with Crippen molar-refractivity contribution in [3.8, 4) is 0 Å². The number of piperazine rings is 1. The largest absolute Gasteiger partial charge is 0.352 e. The lowest BCUT2D eigenvalue weighted by molar-refractivity contribution is -0.145. The summed E-state index contributed by atoms with van der Waals surface area (Å²) in [5.41, 5.74) is 1.13. The second kappa shape index (κ2) is 7.33. The Morgan fingerprint density at radius 2 is 1.79 bits per heavy atom. The molecule has 3 fully saturated rings. The van der Waals surface area contributed by atoms with E-state index in [-0.39, 0.29) is 17.7 Å². The Bertz CT molecular complexity index is 768. The smallest absolute Gasteiger partial charge is 0.227 e. The summed E-state index contributed by atoms with van der Waals surface area (Å²) in [6.07, 6.45) is 4.25. The summed E-state index contributed by atoms with van der Waals surface area (Å²) in [6, 6.07) is 2.18. The lowest BCUT2D eigenvalue weighted by Crippen LogP contribution is -2.54. The van der Waals surface area contributed by atoms with E-state index in [4.69, 9.17) is 0 Å². The minimum atomic E-state index is -0.392. The number of aromatic nitrogens is 2. The molecule has 0 radical (unpaired) electrons. The highest BCUT2D eigenvalue weighted by Gasteiger charge is 2.41. The summed E-state index contributed by atoms with van der Waals surface area (Å²) >= 11 is 0. The number of amides is 2. The Kier molecular flexibility index (Phi) is 5.11. The van der Waals surface area contributed by atoms with Crippen LogP contribution in [0.15, 0.2) is 6.07 Å². The topological polar surface area (TPSA) is 72.5 Å². The molecule has 1 N–H and O–H groups in total. The van der Waals surface area contributed by atoms with Crippen molar-refractivity contribution in [2.75, 3.05) is 44.2 Å². The standard InChI is InChI=1S/C22H35N5O2/c1-21(2,3)20(29)27-9-5-6-16(15-27)19(28)26-12-10-25(11-13-26)18-14-17(23-24-18)22(4)7-8-22/h14,16H,5-13,15H2,1-4H3,(H,23,24)/t16-/m0/s1. The molecule has 7 heteroatoms. The van der Waals surface area contributed by atoms with E-state index in [0.29, 0.717) is 12.0 Å². The van der Waals surface area contributed by atoms with Gasteiger partial charge in [0.25, 0.3) is 0 Å². The molecule has 160 valence electrons. The average Bonchev–Trinajstić information content (AvgIpc) is 3.26. The van der Waals surface area contributed by atoms with Crippen molar-refractivity contribution in [3.63, 3.8) is 0 Å². The number of nitrogens with one attached hydrogen (secondary N) is 1. The molecule has 0 aromatic carbocycles. The molecule has 2 aliphatic heterocycles. The molecule has 0 bridgehead atoms. The van der Waals surface area contributed by atoms with Crippen molar-refractivity contribution in [2.45, 2.75) is 58.8 Å². The van der Waals surface area contributed by atoms with Crippen molar-refractivity contribution in [2.24, 2.45) is 11.3 Å². The predicted molar refractivity (Wildman–Crippen MR) is 113 cm³/mol. The van der Waals surface area contributed by atoms with Crippen LogP contribution in [0.1, 0.15) is 59.1 Å². The normalized spacial score (nSPS) is 24.6. The number of H-pyrrole nitrogens is 1. The molecule has 2 saturated heterocycles. The number of hydrogen-bond acceptors (Lipinski definition) is 4. The fraction of sp³-hybridized carbons (Fsp3) is 0.773. The van der Waals surface area contributed by atoms with Crippen LogP contribution in [0.4, 0.5) is 5.82 Å². The molecule has 1 aromatic rings. The first kappa shape index (κ1) is 20.2. The molecule has 29 heavy (non-hydrogen) atoms. The van der Waals surface area contributed by atoms with Gasteiger partial charge in [0, 0.05) is 61.9 Å². The van der Waals surface area contributed by atoms with Gasteiger partial charge in [0.05, 0.1) is 5.92 Å². The lowest BCUT2D eigenvalue weighted by Gasteiger charge is -2.40. The first-order valence-corrected chi connectivity index (χ1v) is 11.1. The Labute approximate surface area is 173 Å². The molecule has 1 aliphatic carbocycles. The Hall–Kier alpha value is -2.05. The van der Waals surface area contributed by atoms with Gasteiger partial charge in [-0.1, -0.05) is 27.7 Å². The van der Waals surface area contributed by atoms with E-state index < -0.39 is 5.41 Å². The number of hydrogen-bond donors (Lipinski definition) is 1. The van der Waals surface area contributed by atoms with Gasteiger partial charge in [0.15, 0.2) is 5.82 Å². The maximum atomic E-state index is 13.1. The van der Waals surface area contributed by atoms with Crippen LogP contribution >= 0.6 is 0 Å². The van der Waals surface area contributed by atoms with Crippen LogP contribution in [0.5, 0.6) is 0 Å². The van der Waals surface area contributed by atoms with Crippen molar-refractivity contribution >= 4 is 17.6 Å². The van der Waals surface area contributed by atoms with Gasteiger partial charge in [-0.05, 0) is 25.7 Å². The zero-order chi connectivity index (χ0) is 20.8. The van der Waals surface area contributed by atoms with Gasteiger partial charge in [-0.15, -0.1) is 0 Å². The number of nitrogens with zero attached hydrogens (tertiary/aromatic N) is 4. The average molecular weight is 402 g/mol. The van der Waals surface area contributed by atoms with Crippen LogP contribution in [-0.2, 0) is 15.0 Å². The summed E-state index contributed by atoms with van der Waals surface area (Å²) in [5.74, 6) is 1.30. The van der Waals surface area contributed by atoms with Crippen molar-refractivity contribution < 1.29 is 9.59 Å². The van der Waals surface area contributed by atoms with E-state index in [2.05, 4.69) is 28.1 Å². The molecule has 1 saturated carbocycles.